The summed E-state index contributed by atoms with van der Waals surface area (Å²) in [7, 11) is -3.23. The largest absolute Gasteiger partial charge is 0.481 e. The van der Waals surface area contributed by atoms with Crippen LogP contribution in [0.25, 0.3) is 0 Å². The molecule has 1 aliphatic heterocycles. The molecule has 5 nitrogen and oxygen atoms in total. The van der Waals surface area contributed by atoms with Crippen LogP contribution in [0.5, 0.6) is 0 Å². The van der Waals surface area contributed by atoms with Crippen molar-refractivity contribution in [3.05, 3.63) is 0 Å². The van der Waals surface area contributed by atoms with Gasteiger partial charge in [-0.3, -0.25) is 4.79 Å². The second-order valence-corrected chi connectivity index (χ2v) is 6.98. The van der Waals surface area contributed by atoms with Gasteiger partial charge >= 0.3 is 5.97 Å². The standard InChI is InChI=1S/C11H21NO4S/c1-10(11(13)14)9-17(15,16)8-4-7-12-5-2-3-6-12/h10H,2-9H2,1H3,(H,13,14). The molecule has 1 saturated heterocycles. The molecule has 1 rings (SSSR count). The van der Waals surface area contributed by atoms with Crippen LogP contribution < -0.4 is 0 Å². The van der Waals surface area contributed by atoms with Crippen LogP contribution in [0.1, 0.15) is 26.2 Å². The Labute approximate surface area is 103 Å². The Morgan fingerprint density at radius 3 is 2.47 bits per heavy atom. The van der Waals surface area contributed by atoms with Gasteiger partial charge in [0.15, 0.2) is 9.84 Å². The first kappa shape index (κ1) is 14.4. The Hall–Kier alpha value is -0.620. The van der Waals surface area contributed by atoms with Crippen molar-refractivity contribution < 1.29 is 18.3 Å². The normalized spacial score (nSPS) is 19.4. The van der Waals surface area contributed by atoms with Crippen molar-refractivity contribution in [1.29, 1.82) is 0 Å². The minimum absolute atomic E-state index is 0.0983. The third kappa shape index (κ3) is 5.50. The molecule has 1 heterocycles. The first-order valence-corrected chi connectivity index (χ1v) is 7.88. The molecule has 0 radical (unpaired) electrons. The van der Waals surface area contributed by atoms with E-state index in [0.717, 1.165) is 19.6 Å². The van der Waals surface area contributed by atoms with Crippen molar-refractivity contribution in [2.24, 2.45) is 5.92 Å². The number of carboxylic acid groups (broad SMARTS) is 1. The Bertz CT molecular complexity index is 346. The zero-order valence-electron chi connectivity index (χ0n) is 10.3. The van der Waals surface area contributed by atoms with E-state index in [2.05, 4.69) is 4.90 Å². The number of nitrogens with zero attached hydrogens (tertiary/aromatic N) is 1. The van der Waals surface area contributed by atoms with Gasteiger partial charge in [0.05, 0.1) is 17.4 Å². The van der Waals surface area contributed by atoms with Gasteiger partial charge in [-0.15, -0.1) is 0 Å². The summed E-state index contributed by atoms with van der Waals surface area (Å²) in [5.41, 5.74) is 0. The summed E-state index contributed by atoms with van der Waals surface area (Å²) in [6, 6.07) is 0. The first-order valence-electron chi connectivity index (χ1n) is 6.06. The molecule has 0 saturated carbocycles. The lowest BCUT2D eigenvalue weighted by molar-refractivity contribution is -0.140. The maximum Gasteiger partial charge on any atom is 0.307 e. The van der Waals surface area contributed by atoms with Gasteiger partial charge in [0, 0.05) is 0 Å². The number of aliphatic carboxylic acids is 1. The third-order valence-corrected chi connectivity index (χ3v) is 4.97. The maximum atomic E-state index is 11.6. The molecule has 0 bridgehead atoms. The summed E-state index contributed by atoms with van der Waals surface area (Å²) in [6.07, 6.45) is 3.00. The summed E-state index contributed by atoms with van der Waals surface area (Å²) >= 11 is 0. The monoisotopic (exact) mass is 263 g/mol. The molecule has 1 aliphatic rings. The van der Waals surface area contributed by atoms with Crippen LogP contribution in [0, 0.1) is 5.92 Å². The van der Waals surface area contributed by atoms with Crippen molar-refractivity contribution in [1.82, 2.24) is 4.90 Å². The number of carboxylic acids is 1. The maximum absolute atomic E-state index is 11.6. The molecular weight excluding hydrogens is 242 g/mol. The molecule has 100 valence electrons. The highest BCUT2D eigenvalue weighted by atomic mass is 32.2. The van der Waals surface area contributed by atoms with Crippen molar-refractivity contribution in [3.8, 4) is 0 Å². The number of carbonyl (C=O) groups is 1. The van der Waals surface area contributed by atoms with E-state index in [1.54, 1.807) is 0 Å². The van der Waals surface area contributed by atoms with Gasteiger partial charge in [-0.1, -0.05) is 6.92 Å². The Morgan fingerprint density at radius 1 is 1.35 bits per heavy atom. The lowest BCUT2D eigenvalue weighted by Gasteiger charge is -2.14. The highest BCUT2D eigenvalue weighted by molar-refractivity contribution is 7.91. The lowest BCUT2D eigenvalue weighted by Crippen LogP contribution is -2.26. The SMILES string of the molecule is CC(CS(=O)(=O)CCCN1CCCC1)C(=O)O. The average Bonchev–Trinajstić information content (AvgIpc) is 2.69. The highest BCUT2D eigenvalue weighted by Crippen LogP contribution is 2.09. The fraction of sp³-hybridized carbons (Fsp3) is 0.909. The molecule has 0 aromatic heterocycles. The molecule has 1 atom stereocenters. The topological polar surface area (TPSA) is 74.7 Å². The average molecular weight is 263 g/mol. The van der Waals surface area contributed by atoms with E-state index >= 15 is 0 Å². The zero-order chi connectivity index (χ0) is 12.9. The Morgan fingerprint density at radius 2 is 1.94 bits per heavy atom. The minimum Gasteiger partial charge on any atom is -0.481 e. The minimum atomic E-state index is -3.23. The lowest BCUT2D eigenvalue weighted by atomic mass is 10.2. The third-order valence-electron chi connectivity index (χ3n) is 3.05. The fourth-order valence-corrected chi connectivity index (χ4v) is 3.69. The van der Waals surface area contributed by atoms with E-state index in [-0.39, 0.29) is 11.5 Å². The zero-order valence-corrected chi connectivity index (χ0v) is 11.1. The van der Waals surface area contributed by atoms with Gasteiger partial charge in [-0.05, 0) is 38.9 Å². The van der Waals surface area contributed by atoms with E-state index in [1.165, 1.54) is 19.8 Å². The first-order chi connectivity index (χ1) is 7.91. The molecule has 0 amide bonds. The van der Waals surface area contributed by atoms with E-state index in [4.69, 9.17) is 5.11 Å². The van der Waals surface area contributed by atoms with Crippen LogP contribution in [0.4, 0.5) is 0 Å². The number of sulfone groups is 1. The summed E-state index contributed by atoms with van der Waals surface area (Å²) < 4.78 is 23.3. The van der Waals surface area contributed by atoms with E-state index in [0.29, 0.717) is 6.42 Å². The smallest absolute Gasteiger partial charge is 0.307 e. The molecule has 17 heavy (non-hydrogen) atoms. The highest BCUT2D eigenvalue weighted by Gasteiger charge is 2.21. The molecule has 1 unspecified atom stereocenters. The number of rotatable bonds is 7. The van der Waals surface area contributed by atoms with E-state index in [9.17, 15) is 13.2 Å². The van der Waals surface area contributed by atoms with Crippen LogP contribution in [-0.4, -0.2) is 55.5 Å². The Balaban J connectivity index is 2.26. The van der Waals surface area contributed by atoms with Crippen LogP contribution in [0.3, 0.4) is 0 Å². The second kappa shape index (κ2) is 6.35. The summed E-state index contributed by atoms with van der Waals surface area (Å²) in [6.45, 7) is 4.36. The van der Waals surface area contributed by atoms with Crippen LogP contribution in [0.15, 0.2) is 0 Å². The van der Waals surface area contributed by atoms with Crippen molar-refractivity contribution in [2.75, 3.05) is 31.1 Å². The quantitative estimate of drug-likeness (QED) is 0.728. The molecule has 1 fully saturated rings. The van der Waals surface area contributed by atoms with Crippen molar-refractivity contribution in [3.63, 3.8) is 0 Å². The van der Waals surface area contributed by atoms with Crippen molar-refractivity contribution in [2.45, 2.75) is 26.2 Å². The second-order valence-electron chi connectivity index (χ2n) is 4.76. The van der Waals surface area contributed by atoms with Gasteiger partial charge in [0.25, 0.3) is 0 Å². The van der Waals surface area contributed by atoms with Gasteiger partial charge in [0.2, 0.25) is 0 Å². The summed E-state index contributed by atoms with van der Waals surface area (Å²) in [5, 5.41) is 8.67. The van der Waals surface area contributed by atoms with Gasteiger partial charge in [-0.2, -0.15) is 0 Å². The number of hydrogen-bond donors (Lipinski definition) is 1. The van der Waals surface area contributed by atoms with E-state index in [1.807, 2.05) is 0 Å². The number of hydrogen-bond acceptors (Lipinski definition) is 4. The summed E-state index contributed by atoms with van der Waals surface area (Å²) in [5.74, 6) is -2.01. The number of likely N-dealkylation sites (tertiary alicyclic amines) is 1. The predicted molar refractivity (Wildman–Crippen MR) is 65.7 cm³/mol. The van der Waals surface area contributed by atoms with Gasteiger partial charge in [0.1, 0.15) is 0 Å². The fourth-order valence-electron chi connectivity index (χ4n) is 2.05. The van der Waals surface area contributed by atoms with Crippen LogP contribution in [0.2, 0.25) is 0 Å². The van der Waals surface area contributed by atoms with Crippen molar-refractivity contribution >= 4 is 15.8 Å². The van der Waals surface area contributed by atoms with Gasteiger partial charge in [-0.25, -0.2) is 8.42 Å². The molecule has 0 spiro atoms. The molecular formula is C11H21NO4S. The Kier molecular flexibility index (Phi) is 5.39. The summed E-state index contributed by atoms with van der Waals surface area (Å²) in [4.78, 5) is 12.8. The molecule has 0 aromatic carbocycles. The van der Waals surface area contributed by atoms with Crippen LogP contribution in [-0.2, 0) is 14.6 Å². The van der Waals surface area contributed by atoms with Gasteiger partial charge < -0.3 is 10.0 Å². The van der Waals surface area contributed by atoms with Crippen LogP contribution >= 0.6 is 0 Å². The van der Waals surface area contributed by atoms with E-state index < -0.39 is 21.7 Å². The predicted octanol–water partition coefficient (Wildman–Crippen LogP) is 0.608. The molecule has 0 aliphatic carbocycles. The molecule has 1 N–H and O–H groups in total. The molecule has 0 aromatic rings. The molecule has 6 heteroatoms.